The second-order valence-corrected chi connectivity index (χ2v) is 8.60. The average molecular weight is 425 g/mol. The smallest absolute Gasteiger partial charge is 0.264 e. The summed E-state index contributed by atoms with van der Waals surface area (Å²) in [6.07, 6.45) is 0.795. The maximum atomic E-state index is 13.0. The van der Waals surface area contributed by atoms with Crippen LogP contribution in [0.1, 0.15) is 22.8 Å². The summed E-state index contributed by atoms with van der Waals surface area (Å²) in [5.74, 6) is 0.159. The Balaban J connectivity index is 1.83. The summed E-state index contributed by atoms with van der Waals surface area (Å²) in [6, 6.07) is 20.3. The van der Waals surface area contributed by atoms with E-state index >= 15 is 0 Å². The number of rotatable bonds is 7. The number of nitrogens with zero attached hydrogens (tertiary/aromatic N) is 1. The van der Waals surface area contributed by atoms with Gasteiger partial charge in [0.2, 0.25) is 0 Å². The minimum atomic E-state index is -3.82. The zero-order chi connectivity index (χ0) is 21.7. The van der Waals surface area contributed by atoms with Gasteiger partial charge < -0.3 is 10.1 Å². The Morgan fingerprint density at radius 2 is 1.60 bits per heavy atom. The van der Waals surface area contributed by atoms with Gasteiger partial charge in [-0.05, 0) is 54.4 Å². The van der Waals surface area contributed by atoms with Gasteiger partial charge in [-0.25, -0.2) is 8.42 Å². The van der Waals surface area contributed by atoms with Gasteiger partial charge in [0.15, 0.2) is 0 Å². The minimum absolute atomic E-state index is 0.0846. The topological polar surface area (TPSA) is 75.7 Å². The summed E-state index contributed by atoms with van der Waals surface area (Å²) >= 11 is 0. The lowest BCUT2D eigenvalue weighted by Crippen LogP contribution is -2.27. The summed E-state index contributed by atoms with van der Waals surface area (Å²) in [5.41, 5.74) is 2.58. The first-order chi connectivity index (χ1) is 14.4. The third-order valence-corrected chi connectivity index (χ3v) is 6.63. The van der Waals surface area contributed by atoms with Crippen LogP contribution < -0.4 is 14.4 Å². The second-order valence-electron chi connectivity index (χ2n) is 6.63. The van der Waals surface area contributed by atoms with E-state index in [4.69, 9.17) is 4.74 Å². The fourth-order valence-corrected chi connectivity index (χ4v) is 4.31. The fraction of sp³-hybridized carbons (Fsp3) is 0.174. The van der Waals surface area contributed by atoms with E-state index in [1.165, 1.54) is 42.7 Å². The highest BCUT2D eigenvalue weighted by Gasteiger charge is 2.24. The summed E-state index contributed by atoms with van der Waals surface area (Å²) < 4.78 is 32.5. The van der Waals surface area contributed by atoms with Crippen molar-refractivity contribution < 1.29 is 17.9 Å². The molecule has 3 rings (SSSR count). The SMILES string of the molecule is CCc1ccccc1NC(=O)c1ccc(S(=O)(=O)N(C)c2ccccc2OC)cc1. The van der Waals surface area contributed by atoms with Crippen molar-refractivity contribution in [3.8, 4) is 5.75 Å². The quantitative estimate of drug-likeness (QED) is 0.612. The van der Waals surface area contributed by atoms with Crippen molar-refractivity contribution in [1.82, 2.24) is 0 Å². The number of aryl methyl sites for hydroxylation is 1. The molecule has 0 heterocycles. The predicted molar refractivity (Wildman–Crippen MR) is 119 cm³/mol. The zero-order valence-corrected chi connectivity index (χ0v) is 17.9. The molecule has 0 aliphatic heterocycles. The highest BCUT2D eigenvalue weighted by atomic mass is 32.2. The van der Waals surface area contributed by atoms with E-state index in [-0.39, 0.29) is 10.8 Å². The summed E-state index contributed by atoms with van der Waals surface area (Å²) in [5, 5.41) is 2.88. The molecule has 3 aromatic carbocycles. The molecule has 7 heteroatoms. The van der Waals surface area contributed by atoms with Crippen molar-refractivity contribution in [2.45, 2.75) is 18.2 Å². The van der Waals surface area contributed by atoms with Crippen molar-refractivity contribution in [2.24, 2.45) is 0 Å². The molecule has 0 aliphatic rings. The molecule has 0 bridgehead atoms. The van der Waals surface area contributed by atoms with Crippen molar-refractivity contribution >= 4 is 27.3 Å². The number of carbonyl (C=O) groups is 1. The molecule has 3 aromatic rings. The zero-order valence-electron chi connectivity index (χ0n) is 17.1. The van der Waals surface area contributed by atoms with Crippen LogP contribution in [0.2, 0.25) is 0 Å². The van der Waals surface area contributed by atoms with Crippen LogP contribution in [0.4, 0.5) is 11.4 Å². The molecule has 30 heavy (non-hydrogen) atoms. The highest BCUT2D eigenvalue weighted by Crippen LogP contribution is 2.31. The predicted octanol–water partition coefficient (Wildman–Crippen LogP) is 4.34. The van der Waals surface area contributed by atoms with E-state index in [0.717, 1.165) is 17.7 Å². The van der Waals surface area contributed by atoms with Crippen molar-refractivity contribution in [3.05, 3.63) is 83.9 Å². The van der Waals surface area contributed by atoms with Crippen LogP contribution >= 0.6 is 0 Å². The number of benzene rings is 3. The molecule has 1 amide bonds. The number of hydrogen-bond acceptors (Lipinski definition) is 4. The largest absolute Gasteiger partial charge is 0.495 e. The summed E-state index contributed by atoms with van der Waals surface area (Å²) in [4.78, 5) is 12.7. The van der Waals surface area contributed by atoms with E-state index < -0.39 is 10.0 Å². The molecule has 0 saturated carbocycles. The number of carbonyl (C=O) groups excluding carboxylic acids is 1. The number of para-hydroxylation sites is 3. The van der Waals surface area contributed by atoms with Gasteiger partial charge in [0.05, 0.1) is 17.7 Å². The first-order valence-corrected chi connectivity index (χ1v) is 10.9. The van der Waals surface area contributed by atoms with Crippen LogP contribution in [0.15, 0.2) is 77.7 Å². The number of methoxy groups -OCH3 is 1. The van der Waals surface area contributed by atoms with E-state index in [9.17, 15) is 13.2 Å². The fourth-order valence-electron chi connectivity index (χ4n) is 3.10. The van der Waals surface area contributed by atoms with Crippen LogP contribution in [0, 0.1) is 0 Å². The molecule has 0 fully saturated rings. The molecule has 0 atom stereocenters. The molecule has 6 nitrogen and oxygen atoms in total. The molecule has 0 radical (unpaired) electrons. The van der Waals surface area contributed by atoms with Gasteiger partial charge in [-0.2, -0.15) is 0 Å². The Kier molecular flexibility index (Phi) is 6.42. The van der Waals surface area contributed by atoms with Gasteiger partial charge in [-0.1, -0.05) is 37.3 Å². The van der Waals surface area contributed by atoms with E-state index in [0.29, 0.717) is 17.0 Å². The molecule has 0 spiro atoms. The lowest BCUT2D eigenvalue weighted by Gasteiger charge is -2.21. The summed E-state index contributed by atoms with van der Waals surface area (Å²) in [6.45, 7) is 2.02. The number of anilines is 2. The molecular formula is C23H24N2O4S. The number of sulfonamides is 1. The first kappa shape index (κ1) is 21.4. The van der Waals surface area contributed by atoms with Crippen LogP contribution in [-0.4, -0.2) is 28.5 Å². The van der Waals surface area contributed by atoms with Crippen LogP contribution in [0.3, 0.4) is 0 Å². The maximum absolute atomic E-state index is 13.0. The number of amides is 1. The van der Waals surface area contributed by atoms with Crippen LogP contribution in [0.5, 0.6) is 5.75 Å². The second kappa shape index (κ2) is 9.00. The first-order valence-electron chi connectivity index (χ1n) is 9.49. The Bertz CT molecular complexity index is 1140. The molecule has 0 unspecified atom stereocenters. The van der Waals surface area contributed by atoms with Crippen molar-refractivity contribution in [1.29, 1.82) is 0 Å². The van der Waals surface area contributed by atoms with Gasteiger partial charge in [-0.15, -0.1) is 0 Å². The van der Waals surface area contributed by atoms with Gasteiger partial charge in [0, 0.05) is 18.3 Å². The molecule has 1 N–H and O–H groups in total. The third kappa shape index (κ3) is 4.31. The number of ether oxygens (including phenoxy) is 1. The van der Waals surface area contributed by atoms with Crippen LogP contribution in [0.25, 0.3) is 0 Å². The summed E-state index contributed by atoms with van der Waals surface area (Å²) in [7, 11) is -0.858. The Morgan fingerprint density at radius 3 is 2.27 bits per heavy atom. The lowest BCUT2D eigenvalue weighted by atomic mass is 10.1. The van der Waals surface area contributed by atoms with Gasteiger partial charge in [-0.3, -0.25) is 9.10 Å². The maximum Gasteiger partial charge on any atom is 0.264 e. The van der Waals surface area contributed by atoms with E-state index in [2.05, 4.69) is 5.32 Å². The Morgan fingerprint density at radius 1 is 0.967 bits per heavy atom. The van der Waals surface area contributed by atoms with Crippen molar-refractivity contribution in [2.75, 3.05) is 23.8 Å². The van der Waals surface area contributed by atoms with Gasteiger partial charge in [0.25, 0.3) is 15.9 Å². The average Bonchev–Trinajstić information content (AvgIpc) is 2.78. The van der Waals surface area contributed by atoms with Crippen LogP contribution in [-0.2, 0) is 16.4 Å². The third-order valence-electron chi connectivity index (χ3n) is 4.85. The Labute approximate surface area is 177 Å². The monoisotopic (exact) mass is 424 g/mol. The number of hydrogen-bond donors (Lipinski definition) is 1. The molecular weight excluding hydrogens is 400 g/mol. The molecule has 0 aromatic heterocycles. The van der Waals surface area contributed by atoms with Crippen molar-refractivity contribution in [3.63, 3.8) is 0 Å². The van der Waals surface area contributed by atoms with Gasteiger partial charge in [0.1, 0.15) is 5.75 Å². The molecule has 0 aliphatic carbocycles. The Hall–Kier alpha value is -3.32. The molecule has 156 valence electrons. The highest BCUT2D eigenvalue weighted by molar-refractivity contribution is 7.92. The van der Waals surface area contributed by atoms with Gasteiger partial charge >= 0.3 is 0 Å². The lowest BCUT2D eigenvalue weighted by molar-refractivity contribution is 0.102. The molecule has 0 saturated heterocycles. The normalized spacial score (nSPS) is 11.0. The minimum Gasteiger partial charge on any atom is -0.495 e. The van der Waals surface area contributed by atoms with E-state index in [1.54, 1.807) is 24.3 Å². The number of nitrogens with one attached hydrogen (secondary N) is 1. The van der Waals surface area contributed by atoms with E-state index in [1.807, 2.05) is 31.2 Å². The standard InChI is InChI=1S/C23H24N2O4S/c1-4-17-9-5-6-10-20(17)24-23(26)18-13-15-19(16-14-18)30(27,28)25(2)21-11-7-8-12-22(21)29-3/h5-16H,4H2,1-3H3,(H,24,26).